The van der Waals surface area contributed by atoms with Crippen LogP contribution in [0.5, 0.6) is 0 Å². The van der Waals surface area contributed by atoms with Crippen LogP contribution in [0, 0.1) is 12.3 Å². The van der Waals surface area contributed by atoms with E-state index in [-0.39, 0.29) is 100 Å². The summed E-state index contributed by atoms with van der Waals surface area (Å²) in [5.74, 6) is 4.33. The second-order valence-electron chi connectivity index (χ2n) is 15.7. The first-order valence-corrected chi connectivity index (χ1v) is 51.3. The van der Waals surface area contributed by atoms with Gasteiger partial charge in [0, 0.05) is 101 Å². The van der Waals surface area contributed by atoms with Gasteiger partial charge in [0.15, 0.2) is 11.5 Å². The van der Waals surface area contributed by atoms with Crippen molar-refractivity contribution in [2.45, 2.75) is 161 Å². The molecule has 22 nitrogen and oxygen atoms in total. The smallest absolute Gasteiger partial charge is 0.411 e. The fourth-order valence-corrected chi connectivity index (χ4v) is 6.35. The molecular weight excluding hydrogens is 1940 g/mol. The van der Waals surface area contributed by atoms with Gasteiger partial charge in [-0.3, -0.25) is 13.9 Å². The predicted molar refractivity (Wildman–Crippen MR) is 474 cm³/mol. The number of hydrogen-bond acceptors (Lipinski definition) is 17. The molecule has 0 radical (unpaired) electrons. The molecule has 10 aromatic rings. The van der Waals surface area contributed by atoms with Crippen LogP contribution >= 0.6 is 74.5 Å². The van der Waals surface area contributed by atoms with E-state index in [1.54, 1.807) is 30.3 Å². The van der Waals surface area contributed by atoms with E-state index in [9.17, 15) is 13.2 Å². The SMILES string of the molecule is C.C.C.C.C.C.C#CCO.CC.CC.CC.CC.CC.CC.CCc1cc(-c2ccccc2)no1.CS(=O)(=O)OCc1cc(-c2ccccc2)no1.II.I[I-]I.O=Cc1ccccc1.OCc1cc(-c2ccccc2)no1.ON=Cc1ccccc1.[N-]=[N+]=NCc1cc(-c2ccccc2)no1.[N-]=[N+]=[N-].[Na+]. The van der Waals surface area contributed by atoms with E-state index in [0.717, 1.165) is 75.2 Å². The quantitative estimate of drug-likeness (QED) is 0.00825. The van der Waals surface area contributed by atoms with Gasteiger partial charge in [0.1, 0.15) is 60.4 Å². The van der Waals surface area contributed by atoms with E-state index in [1.807, 2.05) is 265 Å². The normalized spacial score (nSPS) is 8.10. The van der Waals surface area contributed by atoms with Crippen molar-refractivity contribution in [1.82, 2.24) is 20.6 Å². The molecule has 0 saturated heterocycles. The molecule has 0 aliphatic rings. The minimum absolute atomic E-state index is 0. The van der Waals surface area contributed by atoms with Gasteiger partial charge < -0.3 is 44.6 Å². The number of nitrogens with zero attached hydrogens (tertiary/aromatic N) is 11. The summed E-state index contributed by atoms with van der Waals surface area (Å²) in [6.45, 7) is 25.8. The van der Waals surface area contributed by atoms with E-state index in [1.165, 1.54) is 11.1 Å². The summed E-state index contributed by atoms with van der Waals surface area (Å²) < 4.78 is 46.2. The van der Waals surface area contributed by atoms with E-state index < -0.39 is 10.1 Å². The van der Waals surface area contributed by atoms with E-state index in [2.05, 4.69) is 128 Å². The molecule has 10 rings (SSSR count). The summed E-state index contributed by atoms with van der Waals surface area (Å²) in [6, 6.07) is 64.5. The third-order valence-corrected chi connectivity index (χ3v) is 10.3. The molecule has 0 bridgehead atoms. The van der Waals surface area contributed by atoms with E-state index >= 15 is 0 Å². The molecule has 0 unspecified atom stereocenters. The maximum Gasteiger partial charge on any atom is 1.00 e. The van der Waals surface area contributed by atoms with Gasteiger partial charge in [0.2, 0.25) is 0 Å². The number of benzene rings is 6. The Kier molecular flexibility index (Phi) is 121. The number of azide groups is 1. The van der Waals surface area contributed by atoms with Crippen LogP contribution in [-0.4, -0.2) is 69.8 Å². The average molecular weight is 2060 g/mol. The fraction of sp³-hybridized carbons (Fsp3) is 0.325. The molecule has 3 N–H and O–H groups in total. The summed E-state index contributed by atoms with van der Waals surface area (Å²) in [7, 11) is -3.47. The number of carbonyl (C=O) groups excluding carboxylic acids is 1. The Morgan fingerprint density at radius 1 is 0.519 bits per heavy atom. The number of terminal acetylenes is 1. The summed E-state index contributed by atoms with van der Waals surface area (Å²) >= 11 is 9.54. The molecule has 29 heteroatoms. The van der Waals surface area contributed by atoms with Gasteiger partial charge in [-0.05, 0) is 11.1 Å². The van der Waals surface area contributed by atoms with Crippen molar-refractivity contribution in [2.24, 2.45) is 10.3 Å². The zero-order chi connectivity index (χ0) is 76.2. The van der Waals surface area contributed by atoms with Crippen LogP contribution in [0.4, 0.5) is 0 Å². The summed E-state index contributed by atoms with van der Waals surface area (Å²) in [6.07, 6.45) is 8.63. The van der Waals surface area contributed by atoms with Crippen LogP contribution in [0.1, 0.15) is 174 Å². The summed E-state index contributed by atoms with van der Waals surface area (Å²) in [5, 5.41) is 46.3. The van der Waals surface area contributed by atoms with Crippen molar-refractivity contribution in [2.75, 3.05) is 12.9 Å². The van der Waals surface area contributed by atoms with Crippen LogP contribution < -0.4 is 42.8 Å². The van der Waals surface area contributed by atoms with Gasteiger partial charge in [-0.15, -0.1) is 6.42 Å². The third kappa shape index (κ3) is 70.9. The molecule has 0 amide bonds. The number of aromatic nitrogens is 4. The van der Waals surface area contributed by atoms with Crippen molar-refractivity contribution in [3.63, 3.8) is 0 Å². The Morgan fingerprint density at radius 2 is 0.774 bits per heavy atom. The molecule has 588 valence electrons. The number of rotatable bonds is 13. The standard InChI is InChI=1S/C11H11NO4S.C11H11NO.C10H8N4O.C10H9NO2.C7H7NO.C7H6O.C3H4O.6C2H6.6CH4.I3.I2.N3.Na/c1-17(13,14)15-8-10-7-11(12-16-10)9-5-3-2-4-6-9;1-2-10-8-11(12-13-10)9-6-4-3-5-7-9;11-14-12-7-9-6-10(13-15-9)8-4-2-1-3-5-8;12-7-9-6-10(11-13-9)8-4-2-1-3-5-8;9-8-6-7-4-2-1-3-5-7;8-6-7-4-2-1-3-5-7;1-2-3-4;6*1-2;;;;;;;1-3-2;1-2;1-3-2;/h2-7H,8H2,1H3;3-8H,2H2,1H3;1-6H,7H2;1-6,12H,7H2;1-6,9H;1-6H;1,4H,3H2;6*1-2H3;6*1H4;;;;/q;;;;;;;;;;;;;;;;;;;-1;;-1;+1. The first-order valence-electron chi connectivity index (χ1n) is 30.6. The molecule has 0 spiro atoms. The molecular formula is C77H116I5N11NaO11S-. The first-order chi connectivity index (χ1) is 48.3. The van der Waals surface area contributed by atoms with Gasteiger partial charge in [0.25, 0.3) is 10.1 Å². The molecule has 4 aromatic heterocycles. The van der Waals surface area contributed by atoms with Crippen LogP contribution in [0.15, 0.2) is 235 Å². The number of aliphatic hydroxyl groups excluding tert-OH is 2. The Morgan fingerprint density at radius 3 is 1.01 bits per heavy atom. The van der Waals surface area contributed by atoms with Crippen molar-refractivity contribution in [3.8, 4) is 57.4 Å². The van der Waals surface area contributed by atoms with Crippen molar-refractivity contribution in [3.05, 3.63) is 267 Å². The fourth-order valence-electron chi connectivity index (χ4n) is 6.02. The number of carbonyl (C=O) groups is 1. The van der Waals surface area contributed by atoms with Crippen molar-refractivity contribution < 1.29 is 93.7 Å². The number of aliphatic hydroxyl groups is 2. The number of halogens is 5. The Bertz CT molecular complexity index is 3550. The van der Waals surface area contributed by atoms with Crippen LogP contribution in [0.25, 0.3) is 71.4 Å². The Balaban J connectivity index is -0.0000000836. The van der Waals surface area contributed by atoms with Gasteiger partial charge in [-0.25, -0.2) is 0 Å². The van der Waals surface area contributed by atoms with Crippen LogP contribution in [-0.2, 0) is 40.5 Å². The molecule has 6 aromatic carbocycles. The number of aryl methyl sites for hydroxylation is 1. The second-order valence-corrected chi connectivity index (χ2v) is 33.6. The topological polar surface area (TPSA) is 345 Å². The minimum Gasteiger partial charge on any atom is -0.411 e. The van der Waals surface area contributed by atoms with Crippen molar-refractivity contribution in [1.29, 1.82) is 0 Å². The molecule has 4 heterocycles. The first kappa shape index (κ1) is 129. The number of oxime groups is 1. The van der Waals surface area contributed by atoms with Gasteiger partial charge >= 0.3 is 80.0 Å². The Labute approximate surface area is 711 Å². The van der Waals surface area contributed by atoms with Gasteiger partial charge in [-0.2, -0.15) is 8.42 Å². The number of hydrogen-bond donors (Lipinski definition) is 3. The second kappa shape index (κ2) is 99.0. The van der Waals surface area contributed by atoms with Crippen LogP contribution in [0.2, 0.25) is 0 Å². The molecule has 0 aliphatic heterocycles. The average Bonchev–Trinajstić information content (AvgIpc) is 1.75. The predicted octanol–water partition coefficient (Wildman–Crippen LogP) is 20.7. The minimum atomic E-state index is -3.47. The maximum absolute atomic E-state index is 10.8. The summed E-state index contributed by atoms with van der Waals surface area (Å²) in [5.41, 5.74) is 30.3. The monoisotopic (exact) mass is 2060 g/mol. The zero-order valence-electron chi connectivity index (χ0n) is 59.2. The van der Waals surface area contributed by atoms with E-state index in [4.69, 9.17) is 50.1 Å². The molecule has 0 atom stereocenters. The third-order valence-electron chi connectivity index (χ3n) is 9.76. The molecule has 106 heavy (non-hydrogen) atoms. The Hall–Kier alpha value is -6.04. The van der Waals surface area contributed by atoms with Crippen molar-refractivity contribution >= 4 is 97.1 Å². The molecule has 0 saturated carbocycles. The molecule has 0 aliphatic carbocycles. The summed E-state index contributed by atoms with van der Waals surface area (Å²) in [4.78, 5) is 14.2. The number of aldehydes is 1. The van der Waals surface area contributed by atoms with Gasteiger partial charge in [0.05, 0.1) is 19.0 Å². The largest absolute Gasteiger partial charge is 1.00 e. The van der Waals surface area contributed by atoms with Crippen LogP contribution in [0.3, 0.4) is 0 Å². The maximum atomic E-state index is 10.8. The van der Waals surface area contributed by atoms with Gasteiger partial charge in [-0.1, -0.05) is 353 Å². The molecule has 0 fully saturated rings. The van der Waals surface area contributed by atoms with E-state index in [0.29, 0.717) is 36.2 Å². The zero-order valence-corrected chi connectivity index (χ0v) is 72.8.